The predicted octanol–water partition coefficient (Wildman–Crippen LogP) is 3.17. The monoisotopic (exact) mass is 456 g/mol. The van der Waals surface area contributed by atoms with Crippen LogP contribution in [0.3, 0.4) is 0 Å². The summed E-state index contributed by atoms with van der Waals surface area (Å²) in [6.07, 6.45) is 2.32. The van der Waals surface area contributed by atoms with Gasteiger partial charge in [0.15, 0.2) is 0 Å². The van der Waals surface area contributed by atoms with Crippen LogP contribution in [0, 0.1) is 11.3 Å². The summed E-state index contributed by atoms with van der Waals surface area (Å²) < 4.78 is 28.1. The summed E-state index contributed by atoms with van der Waals surface area (Å²) >= 11 is 0. The minimum Gasteiger partial charge on any atom is -0.478 e. The first-order chi connectivity index (χ1) is 15.3. The Morgan fingerprint density at radius 3 is 2.41 bits per heavy atom. The Hall–Kier alpha value is -3.09. The summed E-state index contributed by atoms with van der Waals surface area (Å²) in [5.74, 6) is -1.20. The molecule has 170 valence electrons. The minimum atomic E-state index is -3.91. The standard InChI is InChI=1S/C23H28N4O4S/c1-2-4-18-5-8-20(9-6-18)32(30,31)25-22-10-7-19(17-21(22)23(28)29)27-15-13-26(14-16-27)12-3-11-24/h5-10,17,25H,2-4,12-16H2,1H3,(H,28,29). The van der Waals surface area contributed by atoms with Crippen molar-refractivity contribution < 1.29 is 18.3 Å². The third-order valence-corrected chi connectivity index (χ3v) is 6.91. The number of sulfonamides is 1. The lowest BCUT2D eigenvalue weighted by atomic mass is 10.1. The number of rotatable bonds is 9. The summed E-state index contributed by atoms with van der Waals surface area (Å²) in [5.41, 5.74) is 1.72. The van der Waals surface area contributed by atoms with E-state index in [4.69, 9.17) is 5.26 Å². The van der Waals surface area contributed by atoms with Crippen molar-refractivity contribution in [2.45, 2.75) is 31.1 Å². The van der Waals surface area contributed by atoms with Crippen molar-refractivity contribution in [1.29, 1.82) is 5.26 Å². The van der Waals surface area contributed by atoms with E-state index in [0.717, 1.165) is 43.7 Å². The van der Waals surface area contributed by atoms with Crippen LogP contribution in [-0.4, -0.2) is 57.1 Å². The molecule has 0 aliphatic carbocycles. The van der Waals surface area contributed by atoms with E-state index in [1.54, 1.807) is 18.2 Å². The molecule has 1 fully saturated rings. The molecular formula is C23H28N4O4S. The molecule has 0 amide bonds. The van der Waals surface area contributed by atoms with Crippen molar-refractivity contribution in [1.82, 2.24) is 4.90 Å². The lowest BCUT2D eigenvalue weighted by Gasteiger charge is -2.36. The number of nitrogens with one attached hydrogen (secondary N) is 1. The van der Waals surface area contributed by atoms with Gasteiger partial charge in [-0.25, -0.2) is 13.2 Å². The Balaban J connectivity index is 1.76. The van der Waals surface area contributed by atoms with Crippen LogP contribution in [0.4, 0.5) is 11.4 Å². The van der Waals surface area contributed by atoms with Gasteiger partial charge in [-0.1, -0.05) is 25.5 Å². The molecule has 9 heteroatoms. The highest BCUT2D eigenvalue weighted by Crippen LogP contribution is 2.27. The minimum absolute atomic E-state index is 0.0338. The summed E-state index contributed by atoms with van der Waals surface area (Å²) in [4.78, 5) is 16.2. The molecule has 1 heterocycles. The third kappa shape index (κ3) is 5.78. The number of hydrogen-bond donors (Lipinski definition) is 2. The van der Waals surface area contributed by atoms with Gasteiger partial charge < -0.3 is 10.0 Å². The molecule has 1 aliphatic heterocycles. The number of piperazine rings is 1. The normalized spacial score (nSPS) is 14.7. The van der Waals surface area contributed by atoms with E-state index in [0.29, 0.717) is 19.5 Å². The van der Waals surface area contributed by atoms with Crippen LogP contribution in [0.5, 0.6) is 0 Å². The van der Waals surface area contributed by atoms with E-state index in [2.05, 4.69) is 27.5 Å². The lowest BCUT2D eigenvalue weighted by Crippen LogP contribution is -2.46. The van der Waals surface area contributed by atoms with Gasteiger partial charge >= 0.3 is 5.97 Å². The fourth-order valence-corrected chi connectivity index (χ4v) is 4.84. The number of carboxylic acids is 1. The molecule has 1 aliphatic rings. The molecule has 2 aromatic carbocycles. The van der Waals surface area contributed by atoms with Crippen LogP contribution < -0.4 is 9.62 Å². The van der Waals surface area contributed by atoms with Gasteiger partial charge in [0.1, 0.15) is 0 Å². The van der Waals surface area contributed by atoms with E-state index in [1.165, 1.54) is 24.3 Å². The quantitative estimate of drug-likeness (QED) is 0.596. The molecule has 0 atom stereocenters. The Labute approximate surface area is 189 Å². The van der Waals surface area contributed by atoms with Crippen molar-refractivity contribution in [2.24, 2.45) is 0 Å². The van der Waals surface area contributed by atoms with Crippen LogP contribution in [0.15, 0.2) is 47.4 Å². The average molecular weight is 457 g/mol. The smallest absolute Gasteiger partial charge is 0.337 e. The first-order valence-electron chi connectivity index (χ1n) is 10.7. The van der Waals surface area contributed by atoms with Crippen molar-refractivity contribution in [3.05, 3.63) is 53.6 Å². The first-order valence-corrected chi connectivity index (χ1v) is 12.2. The number of anilines is 2. The van der Waals surface area contributed by atoms with Gasteiger partial charge in [-0.3, -0.25) is 9.62 Å². The zero-order valence-electron chi connectivity index (χ0n) is 18.1. The van der Waals surface area contributed by atoms with Gasteiger partial charge in [0.25, 0.3) is 10.0 Å². The number of nitrogens with zero attached hydrogens (tertiary/aromatic N) is 3. The molecule has 2 aromatic rings. The second kappa shape index (κ2) is 10.5. The highest BCUT2D eigenvalue weighted by molar-refractivity contribution is 7.92. The maximum Gasteiger partial charge on any atom is 0.337 e. The van der Waals surface area contributed by atoms with E-state index in [-0.39, 0.29) is 16.1 Å². The van der Waals surface area contributed by atoms with E-state index in [1.807, 2.05) is 0 Å². The van der Waals surface area contributed by atoms with Crippen LogP contribution in [0.2, 0.25) is 0 Å². The molecule has 1 saturated heterocycles. The number of aromatic carboxylic acids is 1. The number of aryl methyl sites for hydroxylation is 1. The molecule has 32 heavy (non-hydrogen) atoms. The second-order valence-electron chi connectivity index (χ2n) is 7.77. The zero-order valence-corrected chi connectivity index (χ0v) is 18.9. The maximum absolute atomic E-state index is 12.8. The molecule has 0 radical (unpaired) electrons. The fraction of sp³-hybridized carbons (Fsp3) is 0.391. The van der Waals surface area contributed by atoms with Crippen LogP contribution in [-0.2, 0) is 16.4 Å². The number of benzene rings is 2. The van der Waals surface area contributed by atoms with Gasteiger partial charge in [0.05, 0.1) is 22.2 Å². The van der Waals surface area contributed by atoms with Crippen molar-refractivity contribution in [2.75, 3.05) is 42.3 Å². The zero-order chi connectivity index (χ0) is 23.1. The molecule has 0 aromatic heterocycles. The molecular weight excluding hydrogens is 428 g/mol. The number of hydrogen-bond acceptors (Lipinski definition) is 6. The summed E-state index contributed by atoms with van der Waals surface area (Å²) in [6, 6.07) is 13.5. The van der Waals surface area contributed by atoms with E-state index < -0.39 is 16.0 Å². The lowest BCUT2D eigenvalue weighted by molar-refractivity contribution is 0.0698. The maximum atomic E-state index is 12.8. The Bertz CT molecular complexity index is 1090. The van der Waals surface area contributed by atoms with E-state index in [9.17, 15) is 18.3 Å². The Morgan fingerprint density at radius 2 is 1.81 bits per heavy atom. The van der Waals surface area contributed by atoms with Crippen molar-refractivity contribution >= 4 is 27.4 Å². The Kier molecular flexibility index (Phi) is 7.72. The van der Waals surface area contributed by atoms with Crippen LogP contribution in [0.1, 0.15) is 35.7 Å². The molecule has 0 spiro atoms. The fourth-order valence-electron chi connectivity index (χ4n) is 3.76. The first kappa shape index (κ1) is 23.6. The predicted molar refractivity (Wildman–Crippen MR) is 124 cm³/mol. The molecule has 2 N–H and O–H groups in total. The average Bonchev–Trinajstić information content (AvgIpc) is 2.78. The number of carbonyl (C=O) groups is 1. The summed E-state index contributed by atoms with van der Waals surface area (Å²) in [7, 11) is -3.91. The topological polar surface area (TPSA) is 114 Å². The van der Waals surface area contributed by atoms with Gasteiger partial charge in [-0.15, -0.1) is 0 Å². The SMILES string of the molecule is CCCc1ccc(S(=O)(=O)Nc2ccc(N3CCN(CCC#N)CC3)cc2C(=O)O)cc1. The summed E-state index contributed by atoms with van der Waals surface area (Å²) in [5, 5.41) is 18.4. The molecule has 0 unspecified atom stereocenters. The highest BCUT2D eigenvalue weighted by atomic mass is 32.2. The number of carboxylic acid groups (broad SMARTS) is 1. The Morgan fingerprint density at radius 1 is 1.12 bits per heavy atom. The number of nitriles is 1. The second-order valence-corrected chi connectivity index (χ2v) is 9.45. The van der Waals surface area contributed by atoms with Gasteiger partial charge in [-0.2, -0.15) is 5.26 Å². The highest BCUT2D eigenvalue weighted by Gasteiger charge is 2.22. The van der Waals surface area contributed by atoms with Crippen molar-refractivity contribution in [3.8, 4) is 6.07 Å². The van der Waals surface area contributed by atoms with Crippen LogP contribution >= 0.6 is 0 Å². The summed E-state index contributed by atoms with van der Waals surface area (Å²) in [6.45, 7) is 5.77. The van der Waals surface area contributed by atoms with Crippen molar-refractivity contribution in [3.63, 3.8) is 0 Å². The largest absolute Gasteiger partial charge is 0.478 e. The molecule has 0 bridgehead atoms. The molecule has 3 rings (SSSR count). The third-order valence-electron chi connectivity index (χ3n) is 5.53. The molecule has 8 nitrogen and oxygen atoms in total. The molecule has 0 saturated carbocycles. The van der Waals surface area contributed by atoms with Gasteiger partial charge in [-0.05, 0) is 42.3 Å². The van der Waals surface area contributed by atoms with Crippen LogP contribution in [0.25, 0.3) is 0 Å². The van der Waals surface area contributed by atoms with Gasteiger partial charge in [0, 0.05) is 44.8 Å². The van der Waals surface area contributed by atoms with E-state index >= 15 is 0 Å². The van der Waals surface area contributed by atoms with Gasteiger partial charge in [0.2, 0.25) is 0 Å².